The molecule has 0 spiro atoms. The van der Waals surface area contributed by atoms with Crippen LogP contribution in [0.25, 0.3) is 0 Å². The first-order chi connectivity index (χ1) is 9.77. The van der Waals surface area contributed by atoms with E-state index in [0.717, 1.165) is 6.42 Å². The molecule has 0 radical (unpaired) electrons. The van der Waals surface area contributed by atoms with E-state index in [2.05, 4.69) is 5.32 Å². The van der Waals surface area contributed by atoms with Gasteiger partial charge >= 0.3 is 5.97 Å². The fourth-order valence-electron chi connectivity index (χ4n) is 3.00. The normalized spacial score (nSPS) is 32.7. The van der Waals surface area contributed by atoms with Crippen LogP contribution in [0.4, 0.5) is 0 Å². The second-order valence-electron chi connectivity index (χ2n) is 6.12. The van der Waals surface area contributed by atoms with Crippen LogP contribution >= 0.6 is 0 Å². The Labute approximate surface area is 124 Å². The molecule has 2 rings (SSSR count). The maximum atomic E-state index is 12.0. The fraction of sp³-hybridized carbons (Fsp3) is 0.846. The molecule has 2 aliphatic heterocycles. The molecular weight excluding hydrogens is 296 g/mol. The summed E-state index contributed by atoms with van der Waals surface area (Å²) in [6.45, 7) is 2.60. The monoisotopic (exact) mass is 318 g/mol. The molecule has 0 aromatic carbocycles. The van der Waals surface area contributed by atoms with Crippen LogP contribution in [0.5, 0.6) is 0 Å². The van der Waals surface area contributed by atoms with Crippen molar-refractivity contribution in [3.05, 3.63) is 0 Å². The fourth-order valence-corrected chi connectivity index (χ4v) is 4.68. The molecule has 21 heavy (non-hydrogen) atoms. The minimum Gasteiger partial charge on any atom is -0.480 e. The molecule has 0 aliphatic carbocycles. The molecular formula is C13H22N2O5S. The summed E-state index contributed by atoms with van der Waals surface area (Å²) in [7, 11) is -3.03. The van der Waals surface area contributed by atoms with Gasteiger partial charge in [0.25, 0.3) is 0 Å². The summed E-state index contributed by atoms with van der Waals surface area (Å²) in [6.07, 6.45) is 1.85. The molecule has 0 aromatic rings. The molecule has 8 heteroatoms. The molecule has 3 atom stereocenters. The molecule has 7 nitrogen and oxygen atoms in total. The number of likely N-dealkylation sites (tertiary alicyclic amines) is 1. The Morgan fingerprint density at radius 1 is 1.33 bits per heavy atom. The molecule has 0 saturated carbocycles. The lowest BCUT2D eigenvalue weighted by Gasteiger charge is -2.35. The van der Waals surface area contributed by atoms with Crippen molar-refractivity contribution < 1.29 is 23.1 Å². The number of hydrogen-bond donors (Lipinski definition) is 2. The zero-order valence-electron chi connectivity index (χ0n) is 12.1. The van der Waals surface area contributed by atoms with E-state index in [-0.39, 0.29) is 30.0 Å². The summed E-state index contributed by atoms with van der Waals surface area (Å²) in [4.78, 5) is 24.9. The van der Waals surface area contributed by atoms with E-state index in [4.69, 9.17) is 0 Å². The maximum Gasteiger partial charge on any atom is 0.320 e. The Balaban J connectivity index is 1.88. The molecule has 0 bridgehead atoms. The number of sulfone groups is 1. The number of amides is 1. The SMILES string of the molecule is CC1CCN(CC(=O)NC2CCS(=O)(=O)C2)C(C(=O)O)C1. The van der Waals surface area contributed by atoms with E-state index in [1.54, 1.807) is 4.90 Å². The predicted octanol–water partition coefficient (Wildman–Crippen LogP) is -0.525. The van der Waals surface area contributed by atoms with Crippen molar-refractivity contribution >= 4 is 21.7 Å². The number of carboxylic acid groups (broad SMARTS) is 1. The lowest BCUT2D eigenvalue weighted by Crippen LogP contribution is -2.51. The zero-order chi connectivity index (χ0) is 15.6. The summed E-state index contributed by atoms with van der Waals surface area (Å²) >= 11 is 0. The van der Waals surface area contributed by atoms with Gasteiger partial charge in [0, 0.05) is 6.04 Å². The van der Waals surface area contributed by atoms with E-state index < -0.39 is 21.8 Å². The van der Waals surface area contributed by atoms with Crippen molar-refractivity contribution in [2.75, 3.05) is 24.6 Å². The maximum absolute atomic E-state index is 12.0. The van der Waals surface area contributed by atoms with Gasteiger partial charge in [-0.1, -0.05) is 6.92 Å². The highest BCUT2D eigenvalue weighted by Crippen LogP contribution is 2.22. The number of rotatable bonds is 4. The average molecular weight is 318 g/mol. The van der Waals surface area contributed by atoms with E-state index in [1.165, 1.54) is 0 Å². The molecule has 2 saturated heterocycles. The smallest absolute Gasteiger partial charge is 0.320 e. The molecule has 120 valence electrons. The van der Waals surface area contributed by atoms with Gasteiger partial charge in [-0.15, -0.1) is 0 Å². The second-order valence-corrected chi connectivity index (χ2v) is 8.35. The first-order valence-electron chi connectivity index (χ1n) is 7.23. The first-order valence-corrected chi connectivity index (χ1v) is 9.05. The van der Waals surface area contributed by atoms with Crippen molar-refractivity contribution in [3.8, 4) is 0 Å². The summed E-state index contributed by atoms with van der Waals surface area (Å²) in [5.41, 5.74) is 0. The van der Waals surface area contributed by atoms with Gasteiger partial charge in [0.1, 0.15) is 6.04 Å². The number of carboxylic acids is 1. The largest absolute Gasteiger partial charge is 0.480 e. The van der Waals surface area contributed by atoms with Gasteiger partial charge < -0.3 is 10.4 Å². The number of carbonyl (C=O) groups excluding carboxylic acids is 1. The van der Waals surface area contributed by atoms with Gasteiger partial charge in [0.2, 0.25) is 5.91 Å². The molecule has 2 fully saturated rings. The lowest BCUT2D eigenvalue weighted by molar-refractivity contribution is -0.146. The number of nitrogens with zero attached hydrogens (tertiary/aromatic N) is 1. The van der Waals surface area contributed by atoms with Crippen LogP contribution in [0, 0.1) is 5.92 Å². The minimum absolute atomic E-state index is 0.0141. The minimum atomic E-state index is -3.03. The summed E-state index contributed by atoms with van der Waals surface area (Å²) in [5, 5.41) is 11.9. The van der Waals surface area contributed by atoms with Crippen LogP contribution in [0.2, 0.25) is 0 Å². The van der Waals surface area contributed by atoms with E-state index in [9.17, 15) is 23.1 Å². The molecule has 1 amide bonds. The third-order valence-corrected chi connectivity index (χ3v) is 5.97. The highest BCUT2D eigenvalue weighted by molar-refractivity contribution is 7.91. The van der Waals surface area contributed by atoms with Crippen LogP contribution < -0.4 is 5.32 Å². The number of hydrogen-bond acceptors (Lipinski definition) is 5. The topological polar surface area (TPSA) is 104 Å². The number of piperidine rings is 1. The van der Waals surface area contributed by atoms with Crippen molar-refractivity contribution in [1.82, 2.24) is 10.2 Å². The number of aliphatic carboxylic acids is 1. The third kappa shape index (κ3) is 4.41. The van der Waals surface area contributed by atoms with Gasteiger partial charge in [-0.05, 0) is 31.7 Å². The highest BCUT2D eigenvalue weighted by Gasteiger charge is 2.34. The van der Waals surface area contributed by atoms with Gasteiger partial charge in [0.05, 0.1) is 18.1 Å². The predicted molar refractivity (Wildman–Crippen MR) is 76.6 cm³/mol. The Bertz CT molecular complexity index is 519. The Hall–Kier alpha value is -1.15. The van der Waals surface area contributed by atoms with Gasteiger partial charge in [-0.25, -0.2) is 8.42 Å². The summed E-state index contributed by atoms with van der Waals surface area (Å²) in [5.74, 6) is -0.768. The van der Waals surface area contributed by atoms with Crippen LogP contribution in [-0.4, -0.2) is 67.0 Å². The van der Waals surface area contributed by atoms with Crippen LogP contribution in [0.15, 0.2) is 0 Å². The molecule has 3 unspecified atom stereocenters. The standard InChI is InChI=1S/C13H22N2O5S/c1-9-2-4-15(11(6-9)13(17)18)7-12(16)14-10-3-5-21(19,20)8-10/h9-11H,2-8H2,1H3,(H,14,16)(H,17,18). The van der Waals surface area contributed by atoms with Crippen molar-refractivity contribution in [3.63, 3.8) is 0 Å². The lowest BCUT2D eigenvalue weighted by atomic mass is 9.92. The molecule has 2 N–H and O–H groups in total. The van der Waals surface area contributed by atoms with E-state index >= 15 is 0 Å². The molecule has 2 heterocycles. The van der Waals surface area contributed by atoms with E-state index in [0.29, 0.717) is 25.3 Å². The quantitative estimate of drug-likeness (QED) is 0.722. The highest BCUT2D eigenvalue weighted by atomic mass is 32.2. The Morgan fingerprint density at radius 3 is 2.62 bits per heavy atom. The van der Waals surface area contributed by atoms with Gasteiger partial charge in [-0.3, -0.25) is 14.5 Å². The second kappa shape index (κ2) is 6.31. The Kier molecular flexibility index (Phi) is 4.88. The Morgan fingerprint density at radius 2 is 2.05 bits per heavy atom. The van der Waals surface area contributed by atoms with Gasteiger partial charge in [-0.2, -0.15) is 0 Å². The van der Waals surface area contributed by atoms with Gasteiger partial charge in [0.15, 0.2) is 9.84 Å². The molecule has 2 aliphatic rings. The molecule has 0 aromatic heterocycles. The van der Waals surface area contributed by atoms with Crippen molar-refractivity contribution in [1.29, 1.82) is 0 Å². The summed E-state index contributed by atoms with van der Waals surface area (Å²) in [6, 6.07) is -0.971. The van der Waals surface area contributed by atoms with Crippen LogP contribution in [0.3, 0.4) is 0 Å². The number of nitrogens with one attached hydrogen (secondary N) is 1. The van der Waals surface area contributed by atoms with Crippen molar-refractivity contribution in [2.45, 2.75) is 38.3 Å². The summed E-state index contributed by atoms with van der Waals surface area (Å²) < 4.78 is 22.7. The zero-order valence-corrected chi connectivity index (χ0v) is 12.9. The average Bonchev–Trinajstić information content (AvgIpc) is 2.70. The third-order valence-electron chi connectivity index (χ3n) is 4.20. The first kappa shape index (κ1) is 16.2. The van der Waals surface area contributed by atoms with Crippen molar-refractivity contribution in [2.24, 2.45) is 5.92 Å². The van der Waals surface area contributed by atoms with Crippen LogP contribution in [-0.2, 0) is 19.4 Å². The van der Waals surface area contributed by atoms with E-state index in [1.807, 2.05) is 6.92 Å². The van der Waals surface area contributed by atoms with Crippen LogP contribution in [0.1, 0.15) is 26.2 Å². The number of carbonyl (C=O) groups is 2.